The van der Waals surface area contributed by atoms with Gasteiger partial charge in [-0.1, -0.05) is 13.0 Å². The molecule has 39 heavy (non-hydrogen) atoms. The number of piperazine rings is 1. The zero-order chi connectivity index (χ0) is 26.9. The van der Waals surface area contributed by atoms with E-state index in [1.807, 2.05) is 30.6 Å². The van der Waals surface area contributed by atoms with Crippen LogP contribution in [0, 0.1) is 6.92 Å². The summed E-state index contributed by atoms with van der Waals surface area (Å²) in [7, 11) is 1.64. The molecule has 0 aliphatic carbocycles. The van der Waals surface area contributed by atoms with Crippen molar-refractivity contribution >= 4 is 33.9 Å². The van der Waals surface area contributed by atoms with Gasteiger partial charge in [0.15, 0.2) is 5.65 Å². The van der Waals surface area contributed by atoms with Crippen molar-refractivity contribution in [1.82, 2.24) is 28.8 Å². The molecule has 202 valence electrons. The van der Waals surface area contributed by atoms with Crippen LogP contribution in [-0.4, -0.2) is 75.3 Å². The molecule has 10 heteroatoms. The van der Waals surface area contributed by atoms with Gasteiger partial charge in [0.1, 0.15) is 5.82 Å². The summed E-state index contributed by atoms with van der Waals surface area (Å²) in [5.41, 5.74) is 7.47. The number of anilines is 3. The number of ether oxygens (including phenoxy) is 1. The molecule has 1 aromatic carbocycles. The van der Waals surface area contributed by atoms with Crippen molar-refractivity contribution in [3.05, 3.63) is 71.2 Å². The zero-order valence-electron chi connectivity index (χ0n) is 22.6. The molecule has 1 aliphatic heterocycles. The molecule has 5 heterocycles. The molecule has 6 rings (SSSR count). The standard InChI is InChI=1S/C29H34N8O2/c1-4-34-11-13-35(14-12-34)22-6-8-27(31-19-22)32-25-18-23(20(2)36-10-9-30-28(25)36)21-5-7-26-24(17-21)33-29(38)37(26)15-16-39-3/h5-10,17-19H,4,11-16H2,1-3H3,(H,31,32)(H,33,38). The van der Waals surface area contributed by atoms with Crippen molar-refractivity contribution in [1.29, 1.82) is 0 Å². The van der Waals surface area contributed by atoms with Gasteiger partial charge in [0.05, 0.1) is 41.8 Å². The van der Waals surface area contributed by atoms with Crippen LogP contribution in [-0.2, 0) is 11.3 Å². The monoisotopic (exact) mass is 526 g/mol. The molecule has 0 spiro atoms. The van der Waals surface area contributed by atoms with Crippen molar-refractivity contribution in [2.24, 2.45) is 0 Å². The Hall–Kier alpha value is -4.15. The number of aromatic amines is 1. The first kappa shape index (κ1) is 25.1. The first-order chi connectivity index (χ1) is 19.1. The number of fused-ring (bicyclic) bond motifs is 2. The van der Waals surface area contributed by atoms with E-state index in [-0.39, 0.29) is 5.69 Å². The van der Waals surface area contributed by atoms with Crippen LogP contribution in [0.25, 0.3) is 27.8 Å². The van der Waals surface area contributed by atoms with E-state index in [0.717, 1.165) is 83.4 Å². The van der Waals surface area contributed by atoms with Gasteiger partial charge >= 0.3 is 5.69 Å². The molecular weight excluding hydrogens is 492 g/mol. The number of hydrogen-bond acceptors (Lipinski definition) is 7. The van der Waals surface area contributed by atoms with E-state index in [2.05, 4.69) is 61.5 Å². The largest absolute Gasteiger partial charge is 0.383 e. The molecule has 1 fully saturated rings. The number of benzene rings is 1. The number of aryl methyl sites for hydroxylation is 1. The predicted molar refractivity (Wildman–Crippen MR) is 155 cm³/mol. The molecule has 2 N–H and O–H groups in total. The zero-order valence-corrected chi connectivity index (χ0v) is 22.6. The molecule has 0 saturated carbocycles. The first-order valence-electron chi connectivity index (χ1n) is 13.4. The number of methoxy groups -OCH3 is 1. The second kappa shape index (κ2) is 10.5. The third kappa shape index (κ3) is 4.77. The predicted octanol–water partition coefficient (Wildman–Crippen LogP) is 3.88. The number of H-pyrrole nitrogens is 1. The van der Waals surface area contributed by atoms with Crippen LogP contribution in [0.15, 0.2) is 59.8 Å². The third-order valence-corrected chi connectivity index (χ3v) is 7.72. The van der Waals surface area contributed by atoms with E-state index in [0.29, 0.717) is 13.2 Å². The maximum absolute atomic E-state index is 12.5. The Morgan fingerprint density at radius 1 is 1.08 bits per heavy atom. The van der Waals surface area contributed by atoms with Crippen molar-refractivity contribution in [2.75, 3.05) is 56.7 Å². The Morgan fingerprint density at radius 2 is 1.92 bits per heavy atom. The van der Waals surface area contributed by atoms with Crippen molar-refractivity contribution in [2.45, 2.75) is 20.4 Å². The lowest BCUT2D eigenvalue weighted by molar-refractivity contribution is 0.187. The van der Waals surface area contributed by atoms with Gasteiger partial charge in [0.2, 0.25) is 0 Å². The van der Waals surface area contributed by atoms with Crippen LogP contribution in [0.1, 0.15) is 12.6 Å². The van der Waals surface area contributed by atoms with Crippen LogP contribution < -0.4 is 15.9 Å². The van der Waals surface area contributed by atoms with Gasteiger partial charge in [-0.2, -0.15) is 0 Å². The number of nitrogens with zero attached hydrogens (tertiary/aromatic N) is 6. The summed E-state index contributed by atoms with van der Waals surface area (Å²) in [6, 6.07) is 12.3. The lowest BCUT2D eigenvalue weighted by Crippen LogP contribution is -2.46. The van der Waals surface area contributed by atoms with Gasteiger partial charge in [-0.15, -0.1) is 0 Å². The molecule has 4 aromatic heterocycles. The Balaban J connectivity index is 1.31. The molecule has 1 saturated heterocycles. The summed E-state index contributed by atoms with van der Waals surface area (Å²) in [6.45, 7) is 10.6. The SMILES string of the molecule is CCN1CCN(c2ccc(Nc3cc(-c4ccc5c(c4)[nH]c(=O)n5CCOC)c(C)n4ccnc34)nc2)CC1. The molecule has 5 aromatic rings. The highest BCUT2D eigenvalue weighted by atomic mass is 16.5. The van der Waals surface area contributed by atoms with Gasteiger partial charge in [-0.3, -0.25) is 4.57 Å². The Bertz CT molecular complexity index is 1660. The maximum Gasteiger partial charge on any atom is 0.326 e. The second-order valence-electron chi connectivity index (χ2n) is 9.93. The van der Waals surface area contributed by atoms with Crippen LogP contribution in [0.2, 0.25) is 0 Å². The molecule has 0 amide bonds. The number of likely N-dealkylation sites (N-methyl/N-ethyl adjacent to an activating group) is 1. The highest BCUT2D eigenvalue weighted by Crippen LogP contribution is 2.32. The van der Waals surface area contributed by atoms with E-state index < -0.39 is 0 Å². The van der Waals surface area contributed by atoms with Gasteiger partial charge < -0.3 is 29.2 Å². The molecule has 0 atom stereocenters. The normalized spacial score (nSPS) is 14.5. The van der Waals surface area contributed by atoms with E-state index >= 15 is 0 Å². The van der Waals surface area contributed by atoms with E-state index in [1.54, 1.807) is 17.9 Å². The maximum atomic E-state index is 12.5. The summed E-state index contributed by atoms with van der Waals surface area (Å²) < 4.78 is 8.96. The second-order valence-corrected chi connectivity index (χ2v) is 9.93. The first-order valence-corrected chi connectivity index (χ1v) is 13.4. The van der Waals surface area contributed by atoms with Gasteiger partial charge in [-0.25, -0.2) is 14.8 Å². The smallest absolute Gasteiger partial charge is 0.326 e. The number of pyridine rings is 2. The van der Waals surface area contributed by atoms with E-state index in [1.165, 1.54) is 0 Å². The fourth-order valence-electron chi connectivity index (χ4n) is 5.44. The summed E-state index contributed by atoms with van der Waals surface area (Å²) in [5.74, 6) is 0.764. The third-order valence-electron chi connectivity index (χ3n) is 7.72. The average Bonchev–Trinajstić information content (AvgIpc) is 3.58. The van der Waals surface area contributed by atoms with Crippen molar-refractivity contribution < 1.29 is 4.74 Å². The topological polar surface area (TPSA) is 95.7 Å². The van der Waals surface area contributed by atoms with E-state index in [4.69, 9.17) is 9.72 Å². The summed E-state index contributed by atoms with van der Waals surface area (Å²) >= 11 is 0. The summed E-state index contributed by atoms with van der Waals surface area (Å²) in [6.07, 6.45) is 5.72. The van der Waals surface area contributed by atoms with Crippen molar-refractivity contribution in [3.8, 4) is 11.1 Å². The number of rotatable bonds is 8. The van der Waals surface area contributed by atoms with Crippen LogP contribution in [0.5, 0.6) is 0 Å². The number of nitrogens with one attached hydrogen (secondary N) is 2. The summed E-state index contributed by atoms with van der Waals surface area (Å²) in [4.78, 5) is 29.7. The minimum atomic E-state index is -0.134. The van der Waals surface area contributed by atoms with Crippen LogP contribution >= 0.6 is 0 Å². The molecule has 0 unspecified atom stereocenters. The Labute approximate surface area is 226 Å². The average molecular weight is 527 g/mol. The molecule has 0 bridgehead atoms. The Morgan fingerprint density at radius 3 is 2.67 bits per heavy atom. The quantitative estimate of drug-likeness (QED) is 0.317. The molecule has 0 radical (unpaired) electrons. The fourth-order valence-corrected chi connectivity index (χ4v) is 5.44. The fraction of sp³-hybridized carbons (Fsp3) is 0.345. The van der Waals surface area contributed by atoms with Crippen LogP contribution in [0.3, 0.4) is 0 Å². The number of hydrogen-bond donors (Lipinski definition) is 2. The molecular formula is C29H34N8O2. The minimum Gasteiger partial charge on any atom is -0.383 e. The number of imidazole rings is 2. The molecule has 1 aliphatic rings. The number of aromatic nitrogens is 5. The summed E-state index contributed by atoms with van der Waals surface area (Å²) in [5, 5.41) is 3.49. The highest BCUT2D eigenvalue weighted by molar-refractivity contribution is 5.86. The van der Waals surface area contributed by atoms with Gasteiger partial charge in [-0.05, 0) is 49.4 Å². The minimum absolute atomic E-state index is 0.134. The lowest BCUT2D eigenvalue weighted by Gasteiger charge is -2.35. The Kier molecular flexibility index (Phi) is 6.80. The van der Waals surface area contributed by atoms with E-state index in [9.17, 15) is 4.79 Å². The van der Waals surface area contributed by atoms with Gasteiger partial charge in [0, 0.05) is 56.9 Å². The molecule has 10 nitrogen and oxygen atoms in total. The lowest BCUT2D eigenvalue weighted by atomic mass is 10.0. The van der Waals surface area contributed by atoms with Gasteiger partial charge in [0.25, 0.3) is 0 Å². The van der Waals surface area contributed by atoms with Crippen molar-refractivity contribution in [3.63, 3.8) is 0 Å². The highest BCUT2D eigenvalue weighted by Gasteiger charge is 2.17. The van der Waals surface area contributed by atoms with Crippen LogP contribution in [0.4, 0.5) is 17.2 Å².